The van der Waals surface area contributed by atoms with Crippen LogP contribution in [0.4, 0.5) is 11.6 Å². The van der Waals surface area contributed by atoms with Gasteiger partial charge >= 0.3 is 0 Å². The average Bonchev–Trinajstić information content (AvgIpc) is 3.24. The number of benzene rings is 3. The molecule has 0 fully saturated rings. The molecule has 3 aromatic carbocycles. The van der Waals surface area contributed by atoms with Crippen molar-refractivity contribution in [2.75, 3.05) is 23.7 Å². The summed E-state index contributed by atoms with van der Waals surface area (Å²) in [5.41, 5.74) is 2.65. The topological polar surface area (TPSA) is 78.5 Å². The number of H-pyrrole nitrogens is 1. The summed E-state index contributed by atoms with van der Waals surface area (Å²) in [5, 5.41) is 17.5. The van der Waals surface area contributed by atoms with E-state index in [1.54, 1.807) is 12.1 Å². The van der Waals surface area contributed by atoms with Gasteiger partial charge in [-0.2, -0.15) is 5.10 Å². The first-order valence-electron chi connectivity index (χ1n) is 10.8. The number of halogens is 2. The normalized spacial score (nSPS) is 11.2. The highest BCUT2D eigenvalue weighted by molar-refractivity contribution is 6.36. The van der Waals surface area contributed by atoms with Gasteiger partial charge in [-0.25, -0.2) is 9.97 Å². The maximum absolute atomic E-state index is 6.41. The predicted octanol–water partition coefficient (Wildman–Crippen LogP) is 6.78. The molecule has 3 N–H and O–H groups in total. The summed E-state index contributed by atoms with van der Waals surface area (Å²) < 4.78 is 0. The fourth-order valence-electron chi connectivity index (χ4n) is 3.76. The second-order valence-electron chi connectivity index (χ2n) is 7.72. The number of anilines is 2. The van der Waals surface area contributed by atoms with E-state index in [2.05, 4.69) is 26.9 Å². The number of nitrogens with one attached hydrogen (secondary N) is 3. The van der Waals surface area contributed by atoms with Crippen molar-refractivity contribution < 1.29 is 0 Å². The summed E-state index contributed by atoms with van der Waals surface area (Å²) in [7, 11) is 0. The number of fused-ring (bicyclic) bond motifs is 2. The summed E-state index contributed by atoms with van der Waals surface area (Å²) in [6, 6.07) is 21.4. The number of nitrogens with zero attached hydrogens (tertiary/aromatic N) is 3. The van der Waals surface area contributed by atoms with Crippen LogP contribution in [0.5, 0.6) is 0 Å². The molecule has 8 heteroatoms. The quantitative estimate of drug-likeness (QED) is 0.215. The first-order chi connectivity index (χ1) is 16.2. The number of para-hydroxylation sites is 2. The fraction of sp³-hybridized carbons (Fsp3) is 0.160. The van der Waals surface area contributed by atoms with Gasteiger partial charge in [0.05, 0.1) is 16.1 Å². The minimum atomic E-state index is 0.528. The lowest BCUT2D eigenvalue weighted by Gasteiger charge is -2.12. The van der Waals surface area contributed by atoms with Crippen molar-refractivity contribution in [2.24, 2.45) is 0 Å². The Balaban J connectivity index is 1.24. The SMILES string of the molecule is Clc1ccc(-c2nc(NCCCCNc3n[nH]c4ccccc34)c3ccccc3n2)c(Cl)c1. The molecule has 33 heavy (non-hydrogen) atoms. The number of hydrogen-bond donors (Lipinski definition) is 3. The Morgan fingerprint density at radius 1 is 0.758 bits per heavy atom. The van der Waals surface area contributed by atoms with Crippen molar-refractivity contribution in [2.45, 2.75) is 12.8 Å². The molecule has 0 radical (unpaired) electrons. The van der Waals surface area contributed by atoms with Gasteiger partial charge in [0.1, 0.15) is 5.82 Å². The first kappa shape index (κ1) is 21.5. The van der Waals surface area contributed by atoms with Gasteiger partial charge in [-0.3, -0.25) is 5.10 Å². The summed E-state index contributed by atoms with van der Waals surface area (Å²) in [6.45, 7) is 1.63. The van der Waals surface area contributed by atoms with Crippen LogP contribution in [0.2, 0.25) is 10.0 Å². The standard InChI is InChI=1S/C25H22Cl2N6/c26-16-11-12-17(20(27)15-16)25-30-21-9-3-1-7-18(21)23(31-25)28-13-5-6-14-29-24-19-8-2-4-10-22(19)32-33-24/h1-4,7-12,15H,5-6,13-14H2,(H,28,30,31)(H2,29,32,33). The van der Waals surface area contributed by atoms with Crippen molar-refractivity contribution in [3.05, 3.63) is 76.8 Å². The highest BCUT2D eigenvalue weighted by atomic mass is 35.5. The molecular formula is C25H22Cl2N6. The van der Waals surface area contributed by atoms with Crippen LogP contribution in [-0.4, -0.2) is 33.3 Å². The van der Waals surface area contributed by atoms with Crippen molar-refractivity contribution >= 4 is 56.6 Å². The summed E-state index contributed by atoms with van der Waals surface area (Å²) in [5.74, 6) is 2.27. The lowest BCUT2D eigenvalue weighted by atomic mass is 10.1. The lowest BCUT2D eigenvalue weighted by molar-refractivity contribution is 0.791. The molecular weight excluding hydrogens is 455 g/mol. The van der Waals surface area contributed by atoms with Crippen molar-refractivity contribution in [3.63, 3.8) is 0 Å². The first-order valence-corrected chi connectivity index (χ1v) is 11.6. The Labute approximate surface area is 201 Å². The summed E-state index contributed by atoms with van der Waals surface area (Å²) in [4.78, 5) is 9.48. The van der Waals surface area contributed by atoms with Crippen molar-refractivity contribution in [3.8, 4) is 11.4 Å². The van der Waals surface area contributed by atoms with Crippen LogP contribution in [0, 0.1) is 0 Å². The van der Waals surface area contributed by atoms with E-state index in [-0.39, 0.29) is 0 Å². The van der Waals surface area contributed by atoms with E-state index in [9.17, 15) is 0 Å². The maximum Gasteiger partial charge on any atom is 0.163 e. The van der Waals surface area contributed by atoms with Crippen LogP contribution < -0.4 is 10.6 Å². The Hall–Kier alpha value is -3.35. The van der Waals surface area contributed by atoms with E-state index in [4.69, 9.17) is 33.2 Å². The van der Waals surface area contributed by atoms with Crippen LogP contribution >= 0.6 is 23.2 Å². The summed E-state index contributed by atoms with van der Waals surface area (Å²) in [6.07, 6.45) is 1.97. The number of aromatic nitrogens is 4. The highest BCUT2D eigenvalue weighted by Gasteiger charge is 2.12. The van der Waals surface area contributed by atoms with Gasteiger partial charge in [-0.1, -0.05) is 47.5 Å². The van der Waals surface area contributed by atoms with E-state index < -0.39 is 0 Å². The number of unbranched alkanes of at least 4 members (excludes halogenated alkanes) is 1. The van der Waals surface area contributed by atoms with E-state index in [1.807, 2.05) is 48.5 Å². The zero-order chi connectivity index (χ0) is 22.6. The predicted molar refractivity (Wildman–Crippen MR) is 137 cm³/mol. The third-order valence-electron chi connectivity index (χ3n) is 5.43. The van der Waals surface area contributed by atoms with Crippen molar-refractivity contribution in [1.29, 1.82) is 0 Å². The second-order valence-corrected chi connectivity index (χ2v) is 8.56. The zero-order valence-corrected chi connectivity index (χ0v) is 19.3. The number of rotatable bonds is 8. The van der Waals surface area contributed by atoms with E-state index in [0.29, 0.717) is 15.9 Å². The molecule has 0 bridgehead atoms. The van der Waals surface area contributed by atoms with Crippen LogP contribution in [0.15, 0.2) is 66.7 Å². The minimum absolute atomic E-state index is 0.528. The van der Waals surface area contributed by atoms with Crippen LogP contribution in [0.25, 0.3) is 33.2 Å². The van der Waals surface area contributed by atoms with Gasteiger partial charge in [-0.05, 0) is 55.3 Å². The number of hydrogen-bond acceptors (Lipinski definition) is 5. The smallest absolute Gasteiger partial charge is 0.163 e. The largest absolute Gasteiger partial charge is 0.369 e. The van der Waals surface area contributed by atoms with Crippen LogP contribution in [0.3, 0.4) is 0 Å². The molecule has 166 valence electrons. The Morgan fingerprint density at radius 2 is 1.48 bits per heavy atom. The molecule has 2 heterocycles. The van der Waals surface area contributed by atoms with Gasteiger partial charge in [-0.15, -0.1) is 0 Å². The highest BCUT2D eigenvalue weighted by Crippen LogP contribution is 2.31. The fourth-order valence-corrected chi connectivity index (χ4v) is 4.26. The molecule has 0 saturated heterocycles. The van der Waals surface area contributed by atoms with Crippen molar-refractivity contribution in [1.82, 2.24) is 20.2 Å². The Kier molecular flexibility index (Phi) is 6.28. The molecule has 5 aromatic rings. The maximum atomic E-state index is 6.41. The molecule has 0 spiro atoms. The molecule has 2 aromatic heterocycles. The second kappa shape index (κ2) is 9.65. The molecule has 6 nitrogen and oxygen atoms in total. The van der Waals surface area contributed by atoms with Gasteiger partial charge in [0.25, 0.3) is 0 Å². The molecule has 0 amide bonds. The van der Waals surface area contributed by atoms with Gasteiger partial charge in [0, 0.05) is 34.4 Å². The summed E-state index contributed by atoms with van der Waals surface area (Å²) >= 11 is 12.5. The lowest BCUT2D eigenvalue weighted by Crippen LogP contribution is -2.09. The molecule has 0 unspecified atom stereocenters. The van der Waals surface area contributed by atoms with Gasteiger partial charge < -0.3 is 10.6 Å². The van der Waals surface area contributed by atoms with Crippen LogP contribution in [0.1, 0.15) is 12.8 Å². The third kappa shape index (κ3) is 4.72. The molecule has 0 aliphatic carbocycles. The van der Waals surface area contributed by atoms with Gasteiger partial charge in [0.2, 0.25) is 0 Å². The zero-order valence-electron chi connectivity index (χ0n) is 17.8. The van der Waals surface area contributed by atoms with E-state index in [1.165, 1.54) is 0 Å². The van der Waals surface area contributed by atoms with E-state index >= 15 is 0 Å². The molecule has 0 aliphatic heterocycles. The molecule has 0 atom stereocenters. The minimum Gasteiger partial charge on any atom is -0.369 e. The van der Waals surface area contributed by atoms with E-state index in [0.717, 1.165) is 64.9 Å². The molecule has 5 rings (SSSR count). The number of aromatic amines is 1. The average molecular weight is 477 g/mol. The van der Waals surface area contributed by atoms with Crippen LogP contribution in [-0.2, 0) is 0 Å². The monoisotopic (exact) mass is 476 g/mol. The molecule has 0 aliphatic rings. The Bertz CT molecular complexity index is 1410. The third-order valence-corrected chi connectivity index (χ3v) is 5.98. The Morgan fingerprint density at radius 3 is 2.30 bits per heavy atom. The van der Waals surface area contributed by atoms with Gasteiger partial charge in [0.15, 0.2) is 11.6 Å². The molecule has 0 saturated carbocycles.